The van der Waals surface area contributed by atoms with Crippen LogP contribution in [0, 0.1) is 12.3 Å². The molecule has 0 heterocycles. The number of terminal acetylenes is 1. The summed E-state index contributed by atoms with van der Waals surface area (Å²) in [6, 6.07) is 7.07. The molecule has 0 radical (unpaired) electrons. The first kappa shape index (κ1) is 14.6. The first-order valence-corrected chi connectivity index (χ1v) is 5.64. The number of carbonyl (C=O) groups excluding carboxylic acids is 2. The molecule has 0 aromatic heterocycles. The Morgan fingerprint density at radius 3 is 2.89 bits per heavy atom. The minimum Gasteiger partial charge on any atom is -0.497 e. The fourth-order valence-corrected chi connectivity index (χ4v) is 1.35. The molecule has 0 spiro atoms. The monoisotopic (exact) mass is 261 g/mol. The van der Waals surface area contributed by atoms with Gasteiger partial charge in [-0.3, -0.25) is 9.59 Å². The average molecular weight is 261 g/mol. The molecule has 0 bridgehead atoms. The van der Waals surface area contributed by atoms with Gasteiger partial charge in [-0.05, 0) is 17.7 Å². The Bertz CT molecular complexity index is 490. The van der Waals surface area contributed by atoms with Crippen molar-refractivity contribution in [3.05, 3.63) is 29.8 Å². The van der Waals surface area contributed by atoms with Crippen LogP contribution in [0.4, 0.5) is 0 Å². The number of hydrogen-bond acceptors (Lipinski definition) is 4. The molecule has 0 aliphatic heterocycles. The number of rotatable bonds is 6. The first-order valence-electron chi connectivity index (χ1n) is 5.64. The van der Waals surface area contributed by atoms with Crippen LogP contribution >= 0.6 is 0 Å². The number of esters is 1. The molecule has 0 aliphatic rings. The second kappa shape index (κ2) is 7.77. The van der Waals surface area contributed by atoms with Crippen molar-refractivity contribution in [3.63, 3.8) is 0 Å². The van der Waals surface area contributed by atoms with Gasteiger partial charge in [0.25, 0.3) is 5.91 Å². The van der Waals surface area contributed by atoms with Gasteiger partial charge in [0.05, 0.1) is 20.1 Å². The Balaban J connectivity index is 2.38. The second-order valence-corrected chi connectivity index (χ2v) is 3.67. The Morgan fingerprint density at radius 2 is 2.21 bits per heavy atom. The molecule has 1 amide bonds. The molecule has 1 N–H and O–H groups in total. The van der Waals surface area contributed by atoms with E-state index in [0.717, 1.165) is 5.56 Å². The van der Waals surface area contributed by atoms with Crippen molar-refractivity contribution in [3.8, 4) is 18.1 Å². The van der Waals surface area contributed by atoms with Gasteiger partial charge < -0.3 is 14.8 Å². The summed E-state index contributed by atoms with van der Waals surface area (Å²) in [4.78, 5) is 22.7. The highest BCUT2D eigenvalue weighted by atomic mass is 16.5. The molecular weight excluding hydrogens is 246 g/mol. The number of ether oxygens (including phenoxy) is 2. The van der Waals surface area contributed by atoms with E-state index in [1.807, 2.05) is 0 Å². The van der Waals surface area contributed by atoms with Crippen LogP contribution in [0.3, 0.4) is 0 Å². The first-order chi connectivity index (χ1) is 9.15. The SMILES string of the molecule is C#CCNC(=O)COC(=O)Cc1cccc(OC)c1. The Hall–Kier alpha value is -2.48. The Labute approximate surface area is 111 Å². The van der Waals surface area contributed by atoms with Crippen LogP contribution in [-0.2, 0) is 20.7 Å². The molecule has 5 heteroatoms. The molecule has 0 saturated heterocycles. The number of nitrogens with one attached hydrogen (secondary N) is 1. The molecule has 19 heavy (non-hydrogen) atoms. The van der Waals surface area contributed by atoms with Gasteiger partial charge in [-0.2, -0.15) is 0 Å². The number of carbonyl (C=O) groups is 2. The fourth-order valence-electron chi connectivity index (χ4n) is 1.35. The third kappa shape index (κ3) is 5.59. The summed E-state index contributed by atoms with van der Waals surface area (Å²) in [6.45, 7) is -0.212. The number of amides is 1. The highest BCUT2D eigenvalue weighted by Crippen LogP contribution is 2.13. The number of methoxy groups -OCH3 is 1. The lowest BCUT2D eigenvalue weighted by atomic mass is 10.1. The summed E-state index contributed by atoms with van der Waals surface area (Å²) >= 11 is 0. The van der Waals surface area contributed by atoms with Crippen LogP contribution in [-0.4, -0.2) is 32.1 Å². The standard InChI is InChI=1S/C14H15NO4/c1-3-7-15-13(16)10-19-14(17)9-11-5-4-6-12(8-11)18-2/h1,4-6,8H,7,9-10H2,2H3,(H,15,16). The van der Waals surface area contributed by atoms with Crippen molar-refractivity contribution >= 4 is 11.9 Å². The molecule has 5 nitrogen and oxygen atoms in total. The summed E-state index contributed by atoms with van der Waals surface area (Å²) < 4.78 is 9.86. The van der Waals surface area contributed by atoms with Gasteiger partial charge in [0.15, 0.2) is 6.61 Å². The molecule has 0 saturated carbocycles. The summed E-state index contributed by atoms with van der Waals surface area (Å²) in [5.41, 5.74) is 0.758. The molecule has 1 rings (SSSR count). The van der Waals surface area contributed by atoms with E-state index < -0.39 is 11.9 Å². The van der Waals surface area contributed by atoms with Crippen LogP contribution in [0.5, 0.6) is 5.75 Å². The molecule has 0 unspecified atom stereocenters. The largest absolute Gasteiger partial charge is 0.497 e. The summed E-state index contributed by atoms with van der Waals surface area (Å²) in [5.74, 6) is 2.01. The lowest BCUT2D eigenvalue weighted by Crippen LogP contribution is -2.29. The third-order valence-corrected chi connectivity index (χ3v) is 2.23. The number of benzene rings is 1. The topological polar surface area (TPSA) is 64.6 Å². The summed E-state index contributed by atoms with van der Waals surface area (Å²) in [7, 11) is 1.55. The van der Waals surface area contributed by atoms with Gasteiger partial charge >= 0.3 is 5.97 Å². The van der Waals surface area contributed by atoms with Crippen molar-refractivity contribution in [1.82, 2.24) is 5.32 Å². The minimum atomic E-state index is -0.482. The zero-order chi connectivity index (χ0) is 14.1. The van der Waals surface area contributed by atoms with E-state index in [-0.39, 0.29) is 19.6 Å². The van der Waals surface area contributed by atoms with Gasteiger partial charge in [-0.25, -0.2) is 0 Å². The molecule has 1 aromatic carbocycles. The molecule has 0 fully saturated rings. The van der Waals surface area contributed by atoms with E-state index in [4.69, 9.17) is 15.9 Å². The lowest BCUT2D eigenvalue weighted by Gasteiger charge is -2.06. The Kier molecular flexibility index (Phi) is 5.96. The summed E-state index contributed by atoms with van der Waals surface area (Å²) in [5, 5.41) is 2.40. The molecular formula is C14H15NO4. The van der Waals surface area contributed by atoms with Crippen LogP contribution in [0.25, 0.3) is 0 Å². The fraction of sp³-hybridized carbons (Fsp3) is 0.286. The van der Waals surface area contributed by atoms with Crippen LogP contribution in [0.1, 0.15) is 5.56 Å². The molecule has 0 atom stereocenters. The van der Waals surface area contributed by atoms with E-state index in [1.54, 1.807) is 31.4 Å². The third-order valence-electron chi connectivity index (χ3n) is 2.23. The van der Waals surface area contributed by atoms with Gasteiger partial charge in [0.2, 0.25) is 0 Å². The van der Waals surface area contributed by atoms with Crippen molar-refractivity contribution < 1.29 is 19.1 Å². The lowest BCUT2D eigenvalue weighted by molar-refractivity contribution is -0.147. The predicted octanol–water partition coefficient (Wildman–Crippen LogP) is 0.530. The van der Waals surface area contributed by atoms with E-state index in [9.17, 15) is 9.59 Å². The van der Waals surface area contributed by atoms with Crippen LogP contribution in [0.15, 0.2) is 24.3 Å². The van der Waals surface area contributed by atoms with E-state index >= 15 is 0 Å². The maximum absolute atomic E-state index is 11.5. The molecule has 100 valence electrons. The highest BCUT2D eigenvalue weighted by molar-refractivity contribution is 5.81. The normalized spacial score (nSPS) is 9.26. The maximum atomic E-state index is 11.5. The van der Waals surface area contributed by atoms with Crippen molar-refractivity contribution in [2.24, 2.45) is 0 Å². The van der Waals surface area contributed by atoms with Gasteiger partial charge in [0, 0.05) is 0 Å². The Morgan fingerprint density at radius 1 is 1.42 bits per heavy atom. The minimum absolute atomic E-state index is 0.0830. The van der Waals surface area contributed by atoms with Crippen molar-refractivity contribution in [2.75, 3.05) is 20.3 Å². The van der Waals surface area contributed by atoms with Crippen molar-refractivity contribution in [2.45, 2.75) is 6.42 Å². The number of hydrogen-bond donors (Lipinski definition) is 1. The molecule has 1 aromatic rings. The smallest absolute Gasteiger partial charge is 0.310 e. The van der Waals surface area contributed by atoms with Crippen molar-refractivity contribution in [1.29, 1.82) is 0 Å². The maximum Gasteiger partial charge on any atom is 0.310 e. The predicted molar refractivity (Wildman–Crippen MR) is 69.5 cm³/mol. The second-order valence-electron chi connectivity index (χ2n) is 3.67. The average Bonchev–Trinajstić information content (AvgIpc) is 2.43. The summed E-state index contributed by atoms with van der Waals surface area (Å²) in [6.07, 6.45) is 5.06. The quantitative estimate of drug-likeness (QED) is 0.599. The van der Waals surface area contributed by atoms with Crippen LogP contribution < -0.4 is 10.1 Å². The van der Waals surface area contributed by atoms with Gasteiger partial charge in [-0.15, -0.1) is 6.42 Å². The van der Waals surface area contributed by atoms with E-state index in [0.29, 0.717) is 5.75 Å². The zero-order valence-corrected chi connectivity index (χ0v) is 10.6. The van der Waals surface area contributed by atoms with Gasteiger partial charge in [0.1, 0.15) is 5.75 Å². The highest BCUT2D eigenvalue weighted by Gasteiger charge is 2.08. The molecule has 0 aliphatic carbocycles. The van der Waals surface area contributed by atoms with E-state index in [1.165, 1.54) is 0 Å². The van der Waals surface area contributed by atoms with E-state index in [2.05, 4.69) is 11.2 Å². The van der Waals surface area contributed by atoms with Gasteiger partial charge in [-0.1, -0.05) is 18.1 Å². The zero-order valence-electron chi connectivity index (χ0n) is 10.6. The van der Waals surface area contributed by atoms with Crippen LogP contribution in [0.2, 0.25) is 0 Å².